The van der Waals surface area contributed by atoms with Gasteiger partial charge < -0.3 is 20.6 Å². The van der Waals surface area contributed by atoms with Gasteiger partial charge in [-0.1, -0.05) is 18.2 Å². The first kappa shape index (κ1) is 25.0. The number of halogens is 3. The summed E-state index contributed by atoms with van der Waals surface area (Å²) in [6.07, 6.45) is -2.81. The Labute approximate surface area is 192 Å². The molecule has 3 rings (SSSR count). The molecule has 2 aromatic carbocycles. The van der Waals surface area contributed by atoms with Crippen molar-refractivity contribution in [3.8, 4) is 11.5 Å². The first-order valence-corrected chi connectivity index (χ1v) is 11.1. The lowest BCUT2D eigenvalue weighted by molar-refractivity contribution is -0.263. The molecular formula is C22H19F3N2O6S. The molecule has 4 N–H and O–H groups in total. The number of aliphatic hydroxyl groups is 1. The van der Waals surface area contributed by atoms with E-state index < -0.39 is 55.5 Å². The zero-order valence-corrected chi connectivity index (χ0v) is 18.3. The Morgan fingerprint density at radius 3 is 2.18 bits per heavy atom. The van der Waals surface area contributed by atoms with Crippen molar-refractivity contribution < 1.29 is 41.7 Å². The maximum absolute atomic E-state index is 13.7. The zero-order chi connectivity index (χ0) is 25.3. The number of nitrogens with one attached hydrogen (secondary N) is 1. The van der Waals surface area contributed by atoms with Gasteiger partial charge in [0.15, 0.2) is 5.60 Å². The van der Waals surface area contributed by atoms with Gasteiger partial charge in [0.05, 0.1) is 16.5 Å². The van der Waals surface area contributed by atoms with Gasteiger partial charge in [-0.15, -0.1) is 0 Å². The van der Waals surface area contributed by atoms with Crippen molar-refractivity contribution >= 4 is 15.7 Å². The summed E-state index contributed by atoms with van der Waals surface area (Å²) < 4.78 is 66.6. The second kappa shape index (κ2) is 8.95. The molecule has 0 spiro atoms. The average molecular weight is 496 g/mol. The van der Waals surface area contributed by atoms with Crippen LogP contribution >= 0.6 is 0 Å². The van der Waals surface area contributed by atoms with Crippen molar-refractivity contribution in [2.24, 2.45) is 0 Å². The monoisotopic (exact) mass is 496 g/mol. The van der Waals surface area contributed by atoms with E-state index in [1.165, 1.54) is 36.7 Å². The minimum atomic E-state index is -5.24. The highest BCUT2D eigenvalue weighted by Gasteiger charge is 2.56. The number of carbonyl (C=O) groups excluding carboxylic acids is 1. The van der Waals surface area contributed by atoms with Crippen LogP contribution in [-0.4, -0.2) is 46.4 Å². The van der Waals surface area contributed by atoms with Crippen LogP contribution in [0.4, 0.5) is 13.2 Å². The number of pyridine rings is 1. The number of hydrogen-bond acceptors (Lipinski definition) is 7. The van der Waals surface area contributed by atoms with Gasteiger partial charge >= 0.3 is 6.18 Å². The van der Waals surface area contributed by atoms with Crippen molar-refractivity contribution in [3.05, 3.63) is 78.1 Å². The van der Waals surface area contributed by atoms with E-state index in [-0.39, 0.29) is 10.5 Å². The molecule has 34 heavy (non-hydrogen) atoms. The normalized spacial score (nSPS) is 14.7. The number of nitrogens with zero attached hydrogens (tertiary/aromatic N) is 1. The Hall–Kier alpha value is -3.64. The lowest BCUT2D eigenvalue weighted by Crippen LogP contribution is -2.53. The van der Waals surface area contributed by atoms with Crippen molar-refractivity contribution in [2.75, 3.05) is 0 Å². The standard InChI is InChI=1S/C22H19F3N2O6S/c1-21(31,22(23,24)25)19(27-20(30)15-4-2-3-5-16(15)28)13-6-7-18(17(29)12-13)34(32,33)14-8-10-26-11-9-14/h2-12,19,28-29,31H,1H3,(H,27,30). The van der Waals surface area contributed by atoms with Crippen molar-refractivity contribution in [2.45, 2.75) is 34.5 Å². The molecule has 1 heterocycles. The maximum atomic E-state index is 13.7. The van der Waals surface area contributed by atoms with Crippen LogP contribution in [0.25, 0.3) is 0 Å². The molecule has 0 saturated heterocycles. The molecule has 12 heteroatoms. The molecule has 0 radical (unpaired) electrons. The fraction of sp³-hybridized carbons (Fsp3) is 0.182. The van der Waals surface area contributed by atoms with Gasteiger partial charge in [-0.2, -0.15) is 13.2 Å². The number of phenols is 2. The third kappa shape index (κ3) is 4.68. The number of para-hydroxylation sites is 1. The van der Waals surface area contributed by atoms with Crippen LogP contribution in [0.3, 0.4) is 0 Å². The largest absolute Gasteiger partial charge is 0.507 e. The molecule has 0 aliphatic carbocycles. The van der Waals surface area contributed by atoms with Crippen LogP contribution in [0, 0.1) is 0 Å². The number of carbonyl (C=O) groups is 1. The van der Waals surface area contributed by atoms with Crippen LogP contribution in [0.2, 0.25) is 0 Å². The Bertz CT molecular complexity index is 1310. The second-order valence-corrected chi connectivity index (χ2v) is 9.40. The van der Waals surface area contributed by atoms with E-state index in [1.54, 1.807) is 0 Å². The van der Waals surface area contributed by atoms with Gasteiger partial charge in [-0.25, -0.2) is 8.42 Å². The van der Waals surface area contributed by atoms with Crippen LogP contribution in [0.5, 0.6) is 11.5 Å². The van der Waals surface area contributed by atoms with E-state index in [0.717, 1.165) is 24.3 Å². The summed E-state index contributed by atoms with van der Waals surface area (Å²) >= 11 is 0. The van der Waals surface area contributed by atoms with Crippen molar-refractivity contribution in [1.29, 1.82) is 0 Å². The molecule has 0 bridgehead atoms. The summed E-state index contributed by atoms with van der Waals surface area (Å²) in [7, 11) is -4.24. The molecule has 3 aromatic rings. The summed E-state index contributed by atoms with van der Waals surface area (Å²) in [5.74, 6) is -2.54. The summed E-state index contributed by atoms with van der Waals surface area (Å²) in [5.41, 5.74) is -4.32. The molecule has 8 nitrogen and oxygen atoms in total. The molecule has 2 unspecified atom stereocenters. The van der Waals surface area contributed by atoms with Gasteiger partial charge in [-0.05, 0) is 48.9 Å². The average Bonchev–Trinajstić information content (AvgIpc) is 2.77. The van der Waals surface area contributed by atoms with Crippen LogP contribution in [-0.2, 0) is 9.84 Å². The first-order valence-electron chi connectivity index (χ1n) is 9.63. The number of amides is 1. The van der Waals surface area contributed by atoms with Crippen LogP contribution in [0.15, 0.2) is 76.8 Å². The highest BCUT2D eigenvalue weighted by molar-refractivity contribution is 7.91. The number of sulfone groups is 1. The van der Waals surface area contributed by atoms with Gasteiger partial charge in [0, 0.05) is 12.4 Å². The lowest BCUT2D eigenvalue weighted by Gasteiger charge is -2.35. The zero-order valence-electron chi connectivity index (χ0n) is 17.5. The number of hydrogen-bond donors (Lipinski definition) is 4. The summed E-state index contributed by atoms with van der Waals surface area (Å²) in [4.78, 5) is 15.5. The van der Waals surface area contributed by atoms with Gasteiger partial charge in [0.2, 0.25) is 9.84 Å². The van der Waals surface area contributed by atoms with Gasteiger partial charge in [0.1, 0.15) is 16.4 Å². The summed E-state index contributed by atoms with van der Waals surface area (Å²) in [5, 5.41) is 32.6. The van der Waals surface area contributed by atoms with Crippen molar-refractivity contribution in [1.82, 2.24) is 10.3 Å². The quantitative estimate of drug-likeness (QED) is 0.412. The molecule has 0 fully saturated rings. The Morgan fingerprint density at radius 1 is 1.00 bits per heavy atom. The third-order valence-electron chi connectivity index (χ3n) is 5.13. The van der Waals surface area contributed by atoms with Crippen LogP contribution in [0.1, 0.15) is 28.9 Å². The number of rotatable bonds is 6. The third-order valence-corrected chi connectivity index (χ3v) is 6.94. The minimum Gasteiger partial charge on any atom is -0.507 e. The molecular weight excluding hydrogens is 477 g/mol. The topological polar surface area (TPSA) is 137 Å². The molecule has 180 valence electrons. The lowest BCUT2D eigenvalue weighted by atomic mass is 9.89. The number of alkyl halides is 3. The number of benzene rings is 2. The molecule has 1 amide bonds. The Balaban J connectivity index is 2.07. The highest BCUT2D eigenvalue weighted by atomic mass is 32.2. The molecule has 0 saturated carbocycles. The SMILES string of the molecule is CC(O)(C(NC(=O)c1ccccc1O)c1ccc(S(=O)(=O)c2ccncc2)c(O)c1)C(F)(F)F. The number of aromatic hydroxyl groups is 2. The Morgan fingerprint density at radius 2 is 1.62 bits per heavy atom. The van der Waals surface area contributed by atoms with Gasteiger partial charge in [0.25, 0.3) is 5.91 Å². The van der Waals surface area contributed by atoms with E-state index in [4.69, 9.17) is 0 Å². The number of aromatic nitrogens is 1. The Kier molecular flexibility index (Phi) is 6.58. The van der Waals surface area contributed by atoms with E-state index in [1.807, 2.05) is 5.32 Å². The van der Waals surface area contributed by atoms with Crippen LogP contribution < -0.4 is 5.32 Å². The second-order valence-electron chi connectivity index (χ2n) is 7.48. The van der Waals surface area contributed by atoms with E-state index in [9.17, 15) is 41.7 Å². The molecule has 0 aliphatic rings. The smallest absolute Gasteiger partial charge is 0.419 e. The number of phenolic OH excluding ortho intramolecular Hbond substituents is 2. The highest BCUT2D eigenvalue weighted by Crippen LogP contribution is 2.42. The first-order chi connectivity index (χ1) is 15.8. The molecule has 2 atom stereocenters. The molecule has 0 aliphatic heterocycles. The predicted molar refractivity (Wildman–Crippen MR) is 113 cm³/mol. The fourth-order valence-electron chi connectivity index (χ4n) is 3.17. The summed E-state index contributed by atoms with van der Waals surface area (Å²) in [6.45, 7) is 0.418. The summed E-state index contributed by atoms with van der Waals surface area (Å²) in [6, 6.07) is 7.76. The predicted octanol–water partition coefficient (Wildman–Crippen LogP) is 3.11. The molecule has 1 aromatic heterocycles. The minimum absolute atomic E-state index is 0.211. The maximum Gasteiger partial charge on any atom is 0.419 e. The van der Waals surface area contributed by atoms with E-state index in [0.29, 0.717) is 13.0 Å². The van der Waals surface area contributed by atoms with Crippen molar-refractivity contribution in [3.63, 3.8) is 0 Å². The fourth-order valence-corrected chi connectivity index (χ4v) is 4.49. The van der Waals surface area contributed by atoms with E-state index in [2.05, 4.69) is 4.98 Å². The van der Waals surface area contributed by atoms with E-state index >= 15 is 0 Å². The van der Waals surface area contributed by atoms with Gasteiger partial charge in [-0.3, -0.25) is 9.78 Å².